The third kappa shape index (κ3) is 1.21. The van der Waals surface area contributed by atoms with Crippen LogP contribution in [0.4, 0.5) is 0 Å². The van der Waals surface area contributed by atoms with Crippen molar-refractivity contribution in [3.8, 4) is 0 Å². The molecular weight excluding hydrogens is 160 g/mol. The van der Waals surface area contributed by atoms with Gasteiger partial charge in [-0.05, 0) is 6.07 Å². The van der Waals surface area contributed by atoms with E-state index in [0.717, 1.165) is 22.2 Å². The summed E-state index contributed by atoms with van der Waals surface area (Å²) in [6.45, 7) is 0. The average molecular weight is 167 g/mol. The number of rotatable bonds is 0. The first-order chi connectivity index (χ1) is 5.36. The summed E-state index contributed by atoms with van der Waals surface area (Å²) in [5, 5.41) is 1.89. The second-order valence-corrected chi connectivity index (χ2v) is 2.88. The first kappa shape index (κ1) is 6.68. The molecule has 2 heterocycles. The molecule has 1 aromatic rings. The highest BCUT2D eigenvalue weighted by Gasteiger charge is 1.94. The predicted octanol–water partition coefficient (Wildman–Crippen LogP) is 0.899. The number of nitrogens with one attached hydrogen (secondary N) is 1. The van der Waals surface area contributed by atoms with Crippen molar-refractivity contribution in [2.45, 2.75) is 6.42 Å². The summed E-state index contributed by atoms with van der Waals surface area (Å²) < 4.78 is 0. The molecule has 3 heteroatoms. The fraction of sp³-hybridized carbons (Fsp3) is 0.125. The van der Waals surface area contributed by atoms with E-state index in [-0.39, 0.29) is 0 Å². The highest BCUT2D eigenvalue weighted by Crippen LogP contribution is 2.07. The van der Waals surface area contributed by atoms with Crippen LogP contribution in [-0.2, 0) is 0 Å². The van der Waals surface area contributed by atoms with Gasteiger partial charge in [0.2, 0.25) is 0 Å². The first-order valence-corrected chi connectivity index (χ1v) is 3.80. The molecule has 1 aromatic heterocycles. The van der Waals surface area contributed by atoms with Crippen LogP contribution in [0, 0.1) is 0 Å². The molecule has 0 saturated heterocycles. The second-order valence-electron chi connectivity index (χ2n) is 2.39. The molecule has 0 spiro atoms. The molecule has 0 bridgehead atoms. The van der Waals surface area contributed by atoms with Gasteiger partial charge in [0, 0.05) is 29.1 Å². The van der Waals surface area contributed by atoms with Gasteiger partial charge >= 0.3 is 0 Å². The number of allylic oxidation sites excluding steroid dienone is 1. The summed E-state index contributed by atoms with van der Waals surface area (Å²) in [5.41, 5.74) is 0.889. The van der Waals surface area contributed by atoms with Crippen LogP contribution in [0.3, 0.4) is 0 Å². The van der Waals surface area contributed by atoms with E-state index in [1.54, 1.807) is 6.20 Å². The third-order valence-electron chi connectivity index (χ3n) is 1.61. The number of halogens is 1. The minimum Gasteiger partial charge on any atom is -0.346 e. The summed E-state index contributed by atoms with van der Waals surface area (Å²) >= 11 is 5.79. The number of hydrogen-bond acceptors (Lipinski definition) is 1. The van der Waals surface area contributed by atoms with Crippen molar-refractivity contribution in [2.75, 3.05) is 0 Å². The predicted molar refractivity (Wildman–Crippen MR) is 44.6 cm³/mol. The number of aromatic nitrogens is 1. The van der Waals surface area contributed by atoms with Gasteiger partial charge in [-0.15, -0.1) is 0 Å². The maximum atomic E-state index is 5.79. The molecule has 2 nitrogen and oxygen atoms in total. The highest BCUT2D eigenvalue weighted by atomic mass is 35.5. The van der Waals surface area contributed by atoms with Gasteiger partial charge in [0.15, 0.2) is 0 Å². The molecule has 1 aliphatic rings. The molecule has 0 fully saturated rings. The number of hydrogen-bond donors (Lipinski definition) is 1. The minimum atomic E-state index is 0.773. The Labute approximate surface area is 68.9 Å². The quantitative estimate of drug-likeness (QED) is 0.593. The molecule has 0 aromatic carbocycles. The maximum absolute atomic E-state index is 5.79. The van der Waals surface area contributed by atoms with Crippen molar-refractivity contribution < 1.29 is 0 Å². The summed E-state index contributed by atoms with van der Waals surface area (Å²) in [6, 6.07) is 1.99. The van der Waals surface area contributed by atoms with Crippen LogP contribution in [-0.4, -0.2) is 4.98 Å². The van der Waals surface area contributed by atoms with E-state index in [0.29, 0.717) is 0 Å². The molecule has 1 N–H and O–H groups in total. The average Bonchev–Trinajstić information content (AvgIpc) is 2.38. The van der Waals surface area contributed by atoms with E-state index >= 15 is 0 Å². The van der Waals surface area contributed by atoms with Gasteiger partial charge in [-0.25, -0.2) is 4.99 Å². The largest absolute Gasteiger partial charge is 0.346 e. The molecule has 0 aliphatic carbocycles. The Morgan fingerprint density at radius 2 is 2.45 bits per heavy atom. The van der Waals surface area contributed by atoms with Crippen molar-refractivity contribution in [3.05, 3.63) is 34.2 Å². The molecule has 2 rings (SSSR count). The molecule has 11 heavy (non-hydrogen) atoms. The van der Waals surface area contributed by atoms with Crippen molar-refractivity contribution >= 4 is 17.7 Å². The molecule has 0 unspecified atom stereocenters. The smallest absolute Gasteiger partial charge is 0.136 e. The van der Waals surface area contributed by atoms with E-state index in [4.69, 9.17) is 11.6 Å². The standard InChI is InChI=1S/C8H7ClN2/c9-7-2-1-6-3-4-10-8(6)11-5-7/h1,3-5H,2H2,(H,10,11). The van der Waals surface area contributed by atoms with Crippen LogP contribution in [0.2, 0.25) is 0 Å². The Kier molecular flexibility index (Phi) is 1.55. The molecule has 0 atom stereocenters. The lowest BCUT2D eigenvalue weighted by molar-refractivity contribution is 1.18. The van der Waals surface area contributed by atoms with Crippen LogP contribution in [0.1, 0.15) is 6.42 Å². The molecule has 1 aliphatic heterocycles. The van der Waals surface area contributed by atoms with Crippen LogP contribution >= 0.6 is 11.6 Å². The van der Waals surface area contributed by atoms with Crippen LogP contribution in [0.15, 0.2) is 28.5 Å². The number of nitrogens with zero attached hydrogens (tertiary/aromatic N) is 1. The zero-order valence-electron chi connectivity index (χ0n) is 5.84. The SMILES string of the molecule is ClC1=CN=c2[nH]ccc2=CC1. The van der Waals surface area contributed by atoms with Crippen LogP contribution in [0.5, 0.6) is 0 Å². The zero-order valence-corrected chi connectivity index (χ0v) is 6.60. The van der Waals surface area contributed by atoms with Gasteiger partial charge in [-0.2, -0.15) is 0 Å². The molecule has 56 valence electrons. The van der Waals surface area contributed by atoms with Gasteiger partial charge < -0.3 is 4.98 Å². The Hall–Kier alpha value is -1.02. The fourth-order valence-electron chi connectivity index (χ4n) is 1.04. The zero-order chi connectivity index (χ0) is 7.68. The number of aromatic amines is 1. The maximum Gasteiger partial charge on any atom is 0.136 e. The van der Waals surface area contributed by atoms with E-state index in [1.165, 1.54) is 0 Å². The molecule has 0 radical (unpaired) electrons. The van der Waals surface area contributed by atoms with Gasteiger partial charge in [0.05, 0.1) is 0 Å². The lowest BCUT2D eigenvalue weighted by Crippen LogP contribution is -2.21. The topological polar surface area (TPSA) is 28.1 Å². The van der Waals surface area contributed by atoms with E-state index < -0.39 is 0 Å². The summed E-state index contributed by atoms with van der Waals surface area (Å²) in [6.07, 6.45) is 6.38. The Bertz CT molecular complexity index is 400. The fourth-order valence-corrected chi connectivity index (χ4v) is 1.17. The van der Waals surface area contributed by atoms with E-state index in [2.05, 4.69) is 16.1 Å². The molecular formula is C8H7ClN2. The van der Waals surface area contributed by atoms with Gasteiger partial charge in [0.25, 0.3) is 0 Å². The molecule has 0 amide bonds. The van der Waals surface area contributed by atoms with E-state index in [9.17, 15) is 0 Å². The van der Waals surface area contributed by atoms with E-state index in [1.807, 2.05) is 12.3 Å². The van der Waals surface area contributed by atoms with Gasteiger partial charge in [0.1, 0.15) is 5.49 Å². The lowest BCUT2D eigenvalue weighted by atomic mass is 10.3. The van der Waals surface area contributed by atoms with Gasteiger partial charge in [-0.1, -0.05) is 17.7 Å². The van der Waals surface area contributed by atoms with Crippen molar-refractivity contribution in [2.24, 2.45) is 4.99 Å². The van der Waals surface area contributed by atoms with Crippen molar-refractivity contribution in [1.29, 1.82) is 0 Å². The van der Waals surface area contributed by atoms with Gasteiger partial charge in [-0.3, -0.25) is 0 Å². The summed E-state index contributed by atoms with van der Waals surface area (Å²) in [5.74, 6) is 0. The first-order valence-electron chi connectivity index (χ1n) is 3.42. The summed E-state index contributed by atoms with van der Waals surface area (Å²) in [7, 11) is 0. The minimum absolute atomic E-state index is 0.773. The van der Waals surface area contributed by atoms with Crippen molar-refractivity contribution in [1.82, 2.24) is 4.98 Å². The Morgan fingerprint density at radius 3 is 3.36 bits per heavy atom. The highest BCUT2D eigenvalue weighted by molar-refractivity contribution is 6.29. The lowest BCUT2D eigenvalue weighted by Gasteiger charge is -1.83. The Morgan fingerprint density at radius 1 is 1.55 bits per heavy atom. The normalized spacial score (nSPS) is 15.5. The third-order valence-corrected chi connectivity index (χ3v) is 1.86. The van der Waals surface area contributed by atoms with Crippen molar-refractivity contribution in [3.63, 3.8) is 0 Å². The van der Waals surface area contributed by atoms with Crippen LogP contribution in [0.25, 0.3) is 6.08 Å². The Balaban J connectivity index is 2.71. The monoisotopic (exact) mass is 166 g/mol. The number of fused-ring (bicyclic) bond motifs is 1. The summed E-state index contributed by atoms with van der Waals surface area (Å²) in [4.78, 5) is 7.16. The second kappa shape index (κ2) is 2.55. The number of H-pyrrole nitrogens is 1. The molecule has 0 saturated carbocycles. The van der Waals surface area contributed by atoms with Crippen LogP contribution < -0.4 is 10.7 Å².